The highest BCUT2D eigenvalue weighted by molar-refractivity contribution is 5.52. The van der Waals surface area contributed by atoms with Crippen LogP contribution in [0.15, 0.2) is 18.3 Å². The molecule has 0 bridgehead atoms. The summed E-state index contributed by atoms with van der Waals surface area (Å²) in [5.41, 5.74) is 1.20. The van der Waals surface area contributed by atoms with Gasteiger partial charge in [-0.3, -0.25) is 0 Å². The average molecular weight is 233 g/mol. The number of anilines is 2. The van der Waals surface area contributed by atoms with Crippen LogP contribution in [-0.4, -0.2) is 17.6 Å². The monoisotopic (exact) mass is 233 g/mol. The Kier molecular flexibility index (Phi) is 4.65. The Morgan fingerprint density at radius 2 is 2.00 bits per heavy atom. The number of nitrogens with zero attached hydrogens (tertiary/aromatic N) is 1. The third-order valence-electron chi connectivity index (χ3n) is 3.34. The van der Waals surface area contributed by atoms with Crippen LogP contribution in [0.4, 0.5) is 11.5 Å². The first kappa shape index (κ1) is 12.2. The molecule has 1 aliphatic carbocycles. The van der Waals surface area contributed by atoms with Gasteiger partial charge in [-0.25, -0.2) is 4.98 Å². The van der Waals surface area contributed by atoms with E-state index in [9.17, 15) is 0 Å². The van der Waals surface area contributed by atoms with E-state index in [0.717, 1.165) is 12.4 Å². The molecule has 0 aliphatic heterocycles. The molecule has 2 N–H and O–H groups in total. The molecule has 0 spiro atoms. The van der Waals surface area contributed by atoms with Crippen LogP contribution in [0, 0.1) is 0 Å². The summed E-state index contributed by atoms with van der Waals surface area (Å²) in [4.78, 5) is 4.29. The first-order chi connectivity index (χ1) is 8.38. The Morgan fingerprint density at radius 3 is 2.71 bits per heavy atom. The summed E-state index contributed by atoms with van der Waals surface area (Å²) < 4.78 is 0. The molecule has 0 atom stereocenters. The van der Waals surface area contributed by atoms with Gasteiger partial charge in [-0.1, -0.05) is 25.7 Å². The SMILES string of the molecule is CCNc1cc(NC2CCCCCC2)ccn1. The minimum atomic E-state index is 0.648. The van der Waals surface area contributed by atoms with Gasteiger partial charge in [0, 0.05) is 30.5 Å². The van der Waals surface area contributed by atoms with E-state index in [1.165, 1.54) is 44.2 Å². The topological polar surface area (TPSA) is 37.0 Å². The quantitative estimate of drug-likeness (QED) is 0.779. The van der Waals surface area contributed by atoms with E-state index in [1.54, 1.807) is 0 Å². The summed E-state index contributed by atoms with van der Waals surface area (Å²) in [6.45, 7) is 3.01. The van der Waals surface area contributed by atoms with E-state index in [2.05, 4.69) is 34.7 Å². The first-order valence-electron chi connectivity index (χ1n) is 6.85. The molecule has 2 rings (SSSR count). The number of hydrogen-bond acceptors (Lipinski definition) is 3. The van der Waals surface area contributed by atoms with Gasteiger partial charge in [-0.05, 0) is 25.8 Å². The smallest absolute Gasteiger partial charge is 0.127 e. The van der Waals surface area contributed by atoms with Crippen molar-refractivity contribution >= 4 is 11.5 Å². The second-order valence-corrected chi connectivity index (χ2v) is 4.79. The zero-order valence-corrected chi connectivity index (χ0v) is 10.7. The molecule has 3 nitrogen and oxygen atoms in total. The van der Waals surface area contributed by atoms with E-state index in [1.807, 2.05) is 6.20 Å². The van der Waals surface area contributed by atoms with Crippen LogP contribution in [0.2, 0.25) is 0 Å². The van der Waals surface area contributed by atoms with E-state index < -0.39 is 0 Å². The van der Waals surface area contributed by atoms with Crippen LogP contribution < -0.4 is 10.6 Å². The van der Waals surface area contributed by atoms with Gasteiger partial charge in [0.15, 0.2) is 0 Å². The van der Waals surface area contributed by atoms with Crippen LogP contribution in [0.1, 0.15) is 45.4 Å². The molecule has 1 fully saturated rings. The fraction of sp³-hybridized carbons (Fsp3) is 0.643. The van der Waals surface area contributed by atoms with Crippen LogP contribution in [-0.2, 0) is 0 Å². The highest BCUT2D eigenvalue weighted by atomic mass is 15.0. The number of aromatic nitrogens is 1. The van der Waals surface area contributed by atoms with E-state index in [0.29, 0.717) is 6.04 Å². The van der Waals surface area contributed by atoms with Gasteiger partial charge in [-0.2, -0.15) is 0 Å². The molecule has 0 saturated heterocycles. The van der Waals surface area contributed by atoms with Crippen molar-refractivity contribution in [1.82, 2.24) is 4.98 Å². The van der Waals surface area contributed by atoms with Crippen molar-refractivity contribution in [2.75, 3.05) is 17.2 Å². The highest BCUT2D eigenvalue weighted by Gasteiger charge is 2.11. The molecule has 0 aromatic carbocycles. The van der Waals surface area contributed by atoms with Crippen molar-refractivity contribution in [2.45, 2.75) is 51.5 Å². The van der Waals surface area contributed by atoms with Crippen LogP contribution in [0.5, 0.6) is 0 Å². The average Bonchev–Trinajstić information content (AvgIpc) is 2.59. The molecule has 1 heterocycles. The molecule has 1 saturated carbocycles. The van der Waals surface area contributed by atoms with Gasteiger partial charge in [0.25, 0.3) is 0 Å². The Morgan fingerprint density at radius 1 is 1.24 bits per heavy atom. The maximum atomic E-state index is 4.29. The number of pyridine rings is 1. The molecular weight excluding hydrogens is 210 g/mol. The number of hydrogen-bond donors (Lipinski definition) is 2. The Bertz CT molecular complexity index is 330. The first-order valence-corrected chi connectivity index (χ1v) is 6.85. The number of nitrogens with one attached hydrogen (secondary N) is 2. The lowest BCUT2D eigenvalue weighted by molar-refractivity contribution is 0.620. The number of rotatable bonds is 4. The third-order valence-corrected chi connectivity index (χ3v) is 3.34. The zero-order valence-electron chi connectivity index (χ0n) is 10.7. The molecule has 0 radical (unpaired) electrons. The molecule has 17 heavy (non-hydrogen) atoms. The third kappa shape index (κ3) is 3.91. The fourth-order valence-electron chi connectivity index (χ4n) is 2.46. The fourth-order valence-corrected chi connectivity index (χ4v) is 2.46. The van der Waals surface area contributed by atoms with Crippen LogP contribution >= 0.6 is 0 Å². The van der Waals surface area contributed by atoms with Gasteiger partial charge in [-0.15, -0.1) is 0 Å². The van der Waals surface area contributed by atoms with Gasteiger partial charge < -0.3 is 10.6 Å². The van der Waals surface area contributed by atoms with E-state index in [4.69, 9.17) is 0 Å². The molecule has 3 heteroatoms. The van der Waals surface area contributed by atoms with Crippen molar-refractivity contribution in [2.24, 2.45) is 0 Å². The lowest BCUT2D eigenvalue weighted by Crippen LogP contribution is -2.18. The molecule has 1 aromatic rings. The maximum Gasteiger partial charge on any atom is 0.127 e. The molecule has 0 unspecified atom stereocenters. The molecule has 94 valence electrons. The van der Waals surface area contributed by atoms with Gasteiger partial charge in [0.1, 0.15) is 5.82 Å². The molecular formula is C14H23N3. The van der Waals surface area contributed by atoms with Crippen molar-refractivity contribution in [3.63, 3.8) is 0 Å². The normalized spacial score (nSPS) is 17.5. The lowest BCUT2D eigenvalue weighted by Gasteiger charge is -2.18. The molecule has 0 amide bonds. The summed E-state index contributed by atoms with van der Waals surface area (Å²) in [5, 5.41) is 6.89. The molecule has 1 aromatic heterocycles. The molecule has 1 aliphatic rings. The predicted octanol–water partition coefficient (Wildman–Crippen LogP) is 3.65. The van der Waals surface area contributed by atoms with Crippen LogP contribution in [0.25, 0.3) is 0 Å². The predicted molar refractivity (Wildman–Crippen MR) is 73.5 cm³/mol. The summed E-state index contributed by atoms with van der Waals surface area (Å²) in [5.74, 6) is 0.964. The maximum absolute atomic E-state index is 4.29. The highest BCUT2D eigenvalue weighted by Crippen LogP contribution is 2.21. The summed E-state index contributed by atoms with van der Waals surface area (Å²) >= 11 is 0. The van der Waals surface area contributed by atoms with E-state index >= 15 is 0 Å². The van der Waals surface area contributed by atoms with Crippen molar-refractivity contribution in [3.8, 4) is 0 Å². The van der Waals surface area contributed by atoms with Gasteiger partial charge in [0.05, 0.1) is 0 Å². The second kappa shape index (κ2) is 6.48. The van der Waals surface area contributed by atoms with Crippen molar-refractivity contribution < 1.29 is 0 Å². The largest absolute Gasteiger partial charge is 0.382 e. The Balaban J connectivity index is 1.94. The minimum Gasteiger partial charge on any atom is -0.382 e. The lowest BCUT2D eigenvalue weighted by atomic mass is 10.1. The second-order valence-electron chi connectivity index (χ2n) is 4.79. The standard InChI is InChI=1S/C14H23N3/c1-2-15-14-11-13(9-10-16-14)17-12-7-5-3-4-6-8-12/h9-12H,2-8H2,1H3,(H2,15,16,17). The minimum absolute atomic E-state index is 0.648. The van der Waals surface area contributed by atoms with E-state index in [-0.39, 0.29) is 0 Å². The van der Waals surface area contributed by atoms with Gasteiger partial charge in [0.2, 0.25) is 0 Å². The van der Waals surface area contributed by atoms with Crippen LogP contribution in [0.3, 0.4) is 0 Å². The Hall–Kier alpha value is -1.25. The summed E-state index contributed by atoms with van der Waals surface area (Å²) in [6, 6.07) is 4.81. The van der Waals surface area contributed by atoms with Crippen molar-refractivity contribution in [1.29, 1.82) is 0 Å². The zero-order chi connectivity index (χ0) is 11.9. The van der Waals surface area contributed by atoms with Gasteiger partial charge >= 0.3 is 0 Å². The summed E-state index contributed by atoms with van der Waals surface area (Å²) in [7, 11) is 0. The summed E-state index contributed by atoms with van der Waals surface area (Å²) in [6.07, 6.45) is 10.0. The van der Waals surface area contributed by atoms with Crippen molar-refractivity contribution in [3.05, 3.63) is 18.3 Å². The Labute approximate surface area is 104 Å².